The Morgan fingerprint density at radius 3 is 2.50 bits per heavy atom. The molecule has 3 nitrogen and oxygen atoms in total. The molecule has 0 unspecified atom stereocenters. The molecule has 0 radical (unpaired) electrons. The average Bonchev–Trinajstić information content (AvgIpc) is 2.57. The Bertz CT molecular complexity index is 692. The van der Waals surface area contributed by atoms with Gasteiger partial charge in [0, 0.05) is 37.7 Å². The summed E-state index contributed by atoms with van der Waals surface area (Å²) in [6.45, 7) is 2.82. The third kappa shape index (κ3) is 2.85. The number of fused-ring (bicyclic) bond motifs is 2. The minimum atomic E-state index is -0.766. The van der Waals surface area contributed by atoms with Crippen LogP contribution in [-0.2, 0) is 12.1 Å². The molecule has 2 heterocycles. The van der Waals surface area contributed by atoms with Crippen molar-refractivity contribution in [3.63, 3.8) is 0 Å². The van der Waals surface area contributed by atoms with E-state index in [0.29, 0.717) is 5.15 Å². The Kier molecular flexibility index (Phi) is 4.33. The van der Waals surface area contributed by atoms with Gasteiger partial charge < -0.3 is 5.11 Å². The summed E-state index contributed by atoms with van der Waals surface area (Å²) in [6.07, 6.45) is 5.05. The van der Waals surface area contributed by atoms with E-state index < -0.39 is 5.60 Å². The van der Waals surface area contributed by atoms with Crippen LogP contribution < -0.4 is 0 Å². The Morgan fingerprint density at radius 2 is 1.83 bits per heavy atom. The van der Waals surface area contributed by atoms with E-state index in [4.69, 9.17) is 11.6 Å². The fraction of sp³-hybridized carbons (Fsp3) is 0.450. The number of piperidine rings is 1. The van der Waals surface area contributed by atoms with Crippen LogP contribution in [-0.4, -0.2) is 28.1 Å². The molecule has 126 valence electrons. The predicted octanol–water partition coefficient (Wildman–Crippen LogP) is 3.85. The lowest BCUT2D eigenvalue weighted by Crippen LogP contribution is -2.57. The van der Waals surface area contributed by atoms with Gasteiger partial charge in [0.25, 0.3) is 0 Å². The lowest BCUT2D eigenvalue weighted by atomic mass is 9.62. The van der Waals surface area contributed by atoms with E-state index in [1.807, 2.05) is 12.1 Å². The summed E-state index contributed by atoms with van der Waals surface area (Å²) in [4.78, 5) is 6.58. The van der Waals surface area contributed by atoms with E-state index in [-0.39, 0.29) is 11.8 Å². The van der Waals surface area contributed by atoms with Crippen molar-refractivity contribution in [3.8, 4) is 0 Å². The SMILES string of the molecule is O[C@@]1(c2ccnc(Cl)c2)[C@@H]2CCC[C@H]1CN(Cc1ccccc1)C2. The Balaban J connectivity index is 1.59. The highest BCUT2D eigenvalue weighted by Crippen LogP contribution is 2.49. The topological polar surface area (TPSA) is 36.4 Å². The molecule has 1 saturated carbocycles. The molecular weight excluding hydrogens is 320 g/mol. The molecule has 1 saturated heterocycles. The van der Waals surface area contributed by atoms with Crippen LogP contribution in [0.4, 0.5) is 0 Å². The molecule has 0 amide bonds. The lowest BCUT2D eigenvalue weighted by molar-refractivity contribution is -0.148. The third-order valence-corrected chi connectivity index (χ3v) is 5.95. The maximum atomic E-state index is 11.6. The number of benzene rings is 1. The third-order valence-electron chi connectivity index (χ3n) is 5.75. The van der Waals surface area contributed by atoms with Crippen LogP contribution >= 0.6 is 11.6 Å². The number of halogens is 1. The fourth-order valence-electron chi connectivity index (χ4n) is 4.64. The van der Waals surface area contributed by atoms with Gasteiger partial charge in [-0.25, -0.2) is 4.98 Å². The first-order valence-corrected chi connectivity index (χ1v) is 9.14. The lowest BCUT2D eigenvalue weighted by Gasteiger charge is -2.53. The van der Waals surface area contributed by atoms with Crippen molar-refractivity contribution in [2.24, 2.45) is 11.8 Å². The molecule has 2 aliphatic rings. The molecule has 4 heteroatoms. The molecule has 1 aliphatic carbocycles. The predicted molar refractivity (Wildman–Crippen MR) is 95.7 cm³/mol. The van der Waals surface area contributed by atoms with Gasteiger partial charge in [0.05, 0.1) is 5.60 Å². The van der Waals surface area contributed by atoms with Gasteiger partial charge in [-0.15, -0.1) is 0 Å². The molecule has 0 spiro atoms. The van der Waals surface area contributed by atoms with Crippen LogP contribution in [0.5, 0.6) is 0 Å². The average molecular weight is 343 g/mol. The fourth-order valence-corrected chi connectivity index (χ4v) is 4.81. The first-order valence-electron chi connectivity index (χ1n) is 8.77. The summed E-state index contributed by atoms with van der Waals surface area (Å²) < 4.78 is 0. The molecule has 3 atom stereocenters. The molecule has 2 fully saturated rings. The minimum absolute atomic E-state index is 0.257. The molecule has 1 aliphatic heterocycles. The molecule has 2 bridgehead atoms. The zero-order valence-electron chi connectivity index (χ0n) is 13.7. The number of aromatic nitrogens is 1. The smallest absolute Gasteiger partial charge is 0.129 e. The van der Waals surface area contributed by atoms with Crippen LogP contribution in [0, 0.1) is 11.8 Å². The highest BCUT2D eigenvalue weighted by atomic mass is 35.5. The summed E-state index contributed by atoms with van der Waals surface area (Å²) in [5.74, 6) is 0.513. The van der Waals surface area contributed by atoms with Gasteiger partial charge >= 0.3 is 0 Å². The van der Waals surface area contributed by atoms with Crippen molar-refractivity contribution < 1.29 is 5.11 Å². The normalized spacial score (nSPS) is 30.2. The van der Waals surface area contributed by atoms with E-state index in [1.165, 1.54) is 12.0 Å². The van der Waals surface area contributed by atoms with E-state index in [9.17, 15) is 5.11 Å². The van der Waals surface area contributed by atoms with Gasteiger partial charge in [0.1, 0.15) is 5.15 Å². The van der Waals surface area contributed by atoms with Crippen molar-refractivity contribution in [2.75, 3.05) is 13.1 Å². The summed E-state index contributed by atoms with van der Waals surface area (Å²) in [5.41, 5.74) is 1.52. The highest BCUT2D eigenvalue weighted by Gasteiger charge is 2.51. The Morgan fingerprint density at radius 1 is 1.12 bits per heavy atom. The largest absolute Gasteiger partial charge is 0.384 e. The Labute approximate surface area is 148 Å². The van der Waals surface area contributed by atoms with Gasteiger partial charge in [0.2, 0.25) is 0 Å². The number of pyridine rings is 1. The molecule has 2 aromatic rings. The number of nitrogens with zero attached hydrogens (tertiary/aromatic N) is 2. The van der Waals surface area contributed by atoms with Crippen molar-refractivity contribution in [1.82, 2.24) is 9.88 Å². The van der Waals surface area contributed by atoms with Crippen LogP contribution in [0.2, 0.25) is 5.15 Å². The van der Waals surface area contributed by atoms with E-state index in [2.05, 4.69) is 40.2 Å². The standard InChI is InChI=1S/C20H23ClN2O/c21-19-11-16(9-10-22-19)20(24)17-7-4-8-18(20)14-23(13-17)12-15-5-2-1-3-6-15/h1-3,5-6,9-11,17-18,24H,4,7-8,12-14H2/t17-,18+,20+. The van der Waals surface area contributed by atoms with Crippen LogP contribution in [0.15, 0.2) is 48.7 Å². The zero-order valence-corrected chi connectivity index (χ0v) is 14.5. The zero-order chi connectivity index (χ0) is 16.6. The molecule has 1 aromatic carbocycles. The quantitative estimate of drug-likeness (QED) is 0.861. The second-order valence-corrected chi connectivity index (χ2v) is 7.58. The van der Waals surface area contributed by atoms with E-state index in [1.54, 1.807) is 6.20 Å². The first kappa shape index (κ1) is 16.1. The van der Waals surface area contributed by atoms with Crippen molar-refractivity contribution in [2.45, 2.75) is 31.4 Å². The second kappa shape index (κ2) is 6.47. The van der Waals surface area contributed by atoms with Crippen molar-refractivity contribution >= 4 is 11.6 Å². The van der Waals surface area contributed by atoms with E-state index >= 15 is 0 Å². The summed E-state index contributed by atoms with van der Waals surface area (Å²) in [7, 11) is 0. The second-order valence-electron chi connectivity index (χ2n) is 7.20. The molecule has 4 rings (SSSR count). The minimum Gasteiger partial charge on any atom is -0.384 e. The van der Waals surface area contributed by atoms with Crippen LogP contribution in [0.1, 0.15) is 30.4 Å². The summed E-state index contributed by atoms with van der Waals surface area (Å²) >= 11 is 6.09. The highest BCUT2D eigenvalue weighted by molar-refractivity contribution is 6.29. The van der Waals surface area contributed by atoms with Crippen molar-refractivity contribution in [1.29, 1.82) is 0 Å². The summed E-state index contributed by atoms with van der Waals surface area (Å²) in [6, 6.07) is 14.4. The van der Waals surface area contributed by atoms with E-state index in [0.717, 1.165) is 38.0 Å². The van der Waals surface area contributed by atoms with Gasteiger partial charge in [0.15, 0.2) is 0 Å². The number of likely N-dealkylation sites (tertiary alicyclic amines) is 1. The molecular formula is C20H23ClN2O. The van der Waals surface area contributed by atoms with Gasteiger partial charge in [-0.05, 0) is 36.1 Å². The molecule has 24 heavy (non-hydrogen) atoms. The molecule has 1 N–H and O–H groups in total. The van der Waals surface area contributed by atoms with Gasteiger partial charge in [-0.1, -0.05) is 48.4 Å². The number of hydrogen-bond acceptors (Lipinski definition) is 3. The Hall–Kier alpha value is -1.42. The van der Waals surface area contributed by atoms with Gasteiger partial charge in [-0.2, -0.15) is 0 Å². The number of aliphatic hydroxyl groups is 1. The molecule has 1 aromatic heterocycles. The van der Waals surface area contributed by atoms with Crippen LogP contribution in [0.3, 0.4) is 0 Å². The number of hydrogen-bond donors (Lipinski definition) is 1. The summed E-state index contributed by atoms with van der Waals surface area (Å²) in [5, 5.41) is 12.1. The van der Waals surface area contributed by atoms with Gasteiger partial charge in [-0.3, -0.25) is 4.90 Å². The monoisotopic (exact) mass is 342 g/mol. The maximum Gasteiger partial charge on any atom is 0.129 e. The first-order chi connectivity index (χ1) is 11.7. The number of rotatable bonds is 3. The van der Waals surface area contributed by atoms with Crippen LogP contribution in [0.25, 0.3) is 0 Å². The maximum absolute atomic E-state index is 11.6. The van der Waals surface area contributed by atoms with Crippen molar-refractivity contribution in [3.05, 3.63) is 64.9 Å².